The fraction of sp³-hybridized carbons (Fsp3) is 0.417. The third-order valence-corrected chi connectivity index (χ3v) is 2.74. The lowest BCUT2D eigenvalue weighted by molar-refractivity contribution is 0.0169. The highest BCUT2D eigenvalue weighted by Gasteiger charge is 2.20. The molecule has 4 heteroatoms. The zero-order valence-electron chi connectivity index (χ0n) is 9.13. The van der Waals surface area contributed by atoms with Crippen LogP contribution in [0, 0.1) is 6.92 Å². The van der Waals surface area contributed by atoms with Gasteiger partial charge in [0.2, 0.25) is 0 Å². The predicted molar refractivity (Wildman–Crippen MR) is 66.0 cm³/mol. The van der Waals surface area contributed by atoms with Crippen molar-refractivity contribution in [2.45, 2.75) is 25.6 Å². The number of carbonyl (C=O) groups is 1. The van der Waals surface area contributed by atoms with Crippen LogP contribution in [0.1, 0.15) is 34.0 Å². The summed E-state index contributed by atoms with van der Waals surface area (Å²) in [7, 11) is 0. The lowest BCUT2D eigenvalue weighted by atomic mass is 9.96. The minimum absolute atomic E-state index is 0.385. The summed E-state index contributed by atoms with van der Waals surface area (Å²) in [4.78, 5) is 10.8. The van der Waals surface area contributed by atoms with Gasteiger partial charge in [0.15, 0.2) is 0 Å². The Labute approximate surface area is 101 Å². The van der Waals surface area contributed by atoms with E-state index in [0.29, 0.717) is 29.6 Å². The van der Waals surface area contributed by atoms with Gasteiger partial charge in [0.05, 0.1) is 6.10 Å². The van der Waals surface area contributed by atoms with Gasteiger partial charge in [0.25, 0.3) is 0 Å². The first-order valence-corrected chi connectivity index (χ1v) is 5.76. The van der Waals surface area contributed by atoms with Crippen LogP contribution in [0.2, 0.25) is 0 Å². The lowest BCUT2D eigenvalue weighted by Crippen LogP contribution is -2.20. The van der Waals surface area contributed by atoms with Crippen LogP contribution in [0.3, 0.4) is 0 Å². The molecule has 0 aromatic heterocycles. The smallest absolute Gasteiger partial charge is 0.150 e. The summed E-state index contributed by atoms with van der Waals surface area (Å²) in [5.41, 5.74) is 1.83. The summed E-state index contributed by atoms with van der Waals surface area (Å²) in [6, 6.07) is 5.16. The van der Waals surface area contributed by atoms with Gasteiger partial charge in [0.1, 0.15) is 12.4 Å². The van der Waals surface area contributed by atoms with Crippen LogP contribution in [0.5, 0.6) is 0 Å². The SMILES string of the molecule is Cc1ccc(C=O)c(C(O)C(O)CCS)c1. The summed E-state index contributed by atoms with van der Waals surface area (Å²) in [5.74, 6) is 0.487. The highest BCUT2D eigenvalue weighted by Crippen LogP contribution is 2.23. The Hall–Kier alpha value is -0.840. The number of hydrogen-bond donors (Lipinski definition) is 3. The number of benzene rings is 1. The highest BCUT2D eigenvalue weighted by atomic mass is 32.1. The molecule has 0 saturated heterocycles. The second kappa shape index (κ2) is 6.03. The molecule has 0 aliphatic rings. The Bertz CT molecular complexity index is 365. The predicted octanol–water partition coefficient (Wildman–Crippen LogP) is 1.52. The van der Waals surface area contributed by atoms with Crippen molar-refractivity contribution in [3.63, 3.8) is 0 Å². The first-order valence-electron chi connectivity index (χ1n) is 5.13. The van der Waals surface area contributed by atoms with Gasteiger partial charge in [0, 0.05) is 5.56 Å². The number of thiol groups is 1. The molecule has 88 valence electrons. The largest absolute Gasteiger partial charge is 0.390 e. The van der Waals surface area contributed by atoms with Crippen LogP contribution in [-0.2, 0) is 0 Å². The maximum Gasteiger partial charge on any atom is 0.150 e. The first-order chi connectivity index (χ1) is 7.60. The fourth-order valence-electron chi connectivity index (χ4n) is 1.56. The first kappa shape index (κ1) is 13.2. The van der Waals surface area contributed by atoms with E-state index < -0.39 is 12.2 Å². The molecule has 0 aliphatic heterocycles. The molecule has 0 fully saturated rings. The number of aliphatic hydroxyl groups excluding tert-OH is 2. The van der Waals surface area contributed by atoms with E-state index in [0.717, 1.165) is 5.56 Å². The van der Waals surface area contributed by atoms with Crippen molar-refractivity contribution >= 4 is 18.9 Å². The molecule has 0 amide bonds. The highest BCUT2D eigenvalue weighted by molar-refractivity contribution is 7.80. The average Bonchev–Trinajstić information content (AvgIpc) is 2.28. The molecular weight excluding hydrogens is 224 g/mol. The zero-order chi connectivity index (χ0) is 12.1. The third-order valence-electron chi connectivity index (χ3n) is 2.48. The van der Waals surface area contributed by atoms with Gasteiger partial charge in [-0.2, -0.15) is 12.6 Å². The van der Waals surface area contributed by atoms with Crippen LogP contribution in [0.4, 0.5) is 0 Å². The minimum Gasteiger partial charge on any atom is -0.390 e. The molecule has 1 aromatic carbocycles. The van der Waals surface area contributed by atoms with E-state index in [2.05, 4.69) is 12.6 Å². The van der Waals surface area contributed by atoms with Gasteiger partial charge < -0.3 is 10.2 Å². The van der Waals surface area contributed by atoms with Gasteiger partial charge in [-0.15, -0.1) is 0 Å². The molecule has 0 aliphatic carbocycles. The zero-order valence-corrected chi connectivity index (χ0v) is 10.0. The van der Waals surface area contributed by atoms with Gasteiger partial charge in [-0.1, -0.05) is 23.8 Å². The Kier molecular flexibility index (Phi) is 4.99. The average molecular weight is 240 g/mol. The number of rotatable bonds is 5. The van der Waals surface area contributed by atoms with Crippen molar-refractivity contribution in [2.24, 2.45) is 0 Å². The molecule has 16 heavy (non-hydrogen) atoms. The second-order valence-electron chi connectivity index (χ2n) is 3.77. The van der Waals surface area contributed by atoms with E-state index in [1.807, 2.05) is 6.92 Å². The van der Waals surface area contributed by atoms with Gasteiger partial charge in [-0.3, -0.25) is 4.79 Å². The number of hydrogen-bond acceptors (Lipinski definition) is 4. The Balaban J connectivity index is 3.00. The number of aliphatic hydroxyl groups is 2. The molecule has 1 aromatic rings. The standard InChI is InChI=1S/C12H16O3S/c1-8-2-3-9(7-13)10(6-8)12(15)11(14)4-5-16/h2-3,6-7,11-12,14-16H,4-5H2,1H3. The van der Waals surface area contributed by atoms with Crippen LogP contribution in [-0.4, -0.2) is 28.4 Å². The Morgan fingerprint density at radius 1 is 1.44 bits per heavy atom. The van der Waals surface area contributed by atoms with Crippen molar-refractivity contribution in [2.75, 3.05) is 5.75 Å². The van der Waals surface area contributed by atoms with Crippen molar-refractivity contribution in [3.05, 3.63) is 34.9 Å². The van der Waals surface area contributed by atoms with Crippen molar-refractivity contribution < 1.29 is 15.0 Å². The Morgan fingerprint density at radius 2 is 2.12 bits per heavy atom. The molecule has 2 unspecified atom stereocenters. The summed E-state index contributed by atoms with van der Waals surface area (Å²) in [6.45, 7) is 1.87. The monoisotopic (exact) mass is 240 g/mol. The summed E-state index contributed by atoms with van der Waals surface area (Å²) in [6.07, 6.45) is -0.854. The number of carbonyl (C=O) groups excluding carboxylic acids is 1. The van der Waals surface area contributed by atoms with Crippen LogP contribution < -0.4 is 0 Å². The fourth-order valence-corrected chi connectivity index (χ4v) is 1.82. The quantitative estimate of drug-likeness (QED) is 0.540. The van der Waals surface area contributed by atoms with E-state index >= 15 is 0 Å². The molecule has 0 radical (unpaired) electrons. The molecule has 0 heterocycles. The molecule has 0 saturated carbocycles. The molecule has 3 nitrogen and oxygen atoms in total. The number of aryl methyl sites for hydroxylation is 1. The lowest BCUT2D eigenvalue weighted by Gasteiger charge is -2.19. The van der Waals surface area contributed by atoms with Crippen molar-refractivity contribution in [1.29, 1.82) is 0 Å². The van der Waals surface area contributed by atoms with E-state index in [4.69, 9.17) is 0 Å². The molecule has 0 spiro atoms. The second-order valence-corrected chi connectivity index (χ2v) is 4.22. The molecule has 2 atom stereocenters. The van der Waals surface area contributed by atoms with Crippen LogP contribution >= 0.6 is 12.6 Å². The normalized spacial score (nSPS) is 14.5. The maximum absolute atomic E-state index is 10.8. The minimum atomic E-state index is -1.03. The van der Waals surface area contributed by atoms with Gasteiger partial charge >= 0.3 is 0 Å². The van der Waals surface area contributed by atoms with E-state index in [9.17, 15) is 15.0 Å². The van der Waals surface area contributed by atoms with Crippen molar-refractivity contribution in [3.8, 4) is 0 Å². The molecular formula is C12H16O3S. The Morgan fingerprint density at radius 3 is 2.69 bits per heavy atom. The van der Waals surface area contributed by atoms with Crippen LogP contribution in [0.15, 0.2) is 18.2 Å². The maximum atomic E-state index is 10.8. The van der Waals surface area contributed by atoms with Gasteiger partial charge in [-0.25, -0.2) is 0 Å². The van der Waals surface area contributed by atoms with E-state index in [-0.39, 0.29) is 0 Å². The van der Waals surface area contributed by atoms with E-state index in [1.165, 1.54) is 0 Å². The third kappa shape index (κ3) is 3.07. The topological polar surface area (TPSA) is 57.5 Å². The molecule has 2 N–H and O–H groups in total. The number of aldehydes is 1. The molecule has 0 bridgehead atoms. The van der Waals surface area contributed by atoms with Crippen LogP contribution in [0.25, 0.3) is 0 Å². The van der Waals surface area contributed by atoms with Crippen molar-refractivity contribution in [1.82, 2.24) is 0 Å². The molecule has 1 rings (SSSR count). The summed E-state index contributed by atoms with van der Waals surface area (Å²) >= 11 is 4.00. The summed E-state index contributed by atoms with van der Waals surface area (Å²) in [5, 5.41) is 19.6. The summed E-state index contributed by atoms with van der Waals surface area (Å²) < 4.78 is 0. The van der Waals surface area contributed by atoms with Gasteiger partial charge in [-0.05, 0) is 24.7 Å². The van der Waals surface area contributed by atoms with E-state index in [1.54, 1.807) is 18.2 Å².